The second-order valence-corrected chi connectivity index (χ2v) is 1.19. The van der Waals surface area contributed by atoms with Crippen molar-refractivity contribution in [1.82, 2.24) is 0 Å². The Morgan fingerprint density at radius 2 is 2.29 bits per heavy atom. The van der Waals surface area contributed by atoms with Crippen LogP contribution in [0.3, 0.4) is 0 Å². The van der Waals surface area contributed by atoms with Crippen LogP contribution in [0.4, 0.5) is 0 Å². The van der Waals surface area contributed by atoms with Crippen LogP contribution >= 0.6 is 0 Å². The van der Waals surface area contributed by atoms with Crippen molar-refractivity contribution < 1.29 is 10.2 Å². The molecule has 0 spiro atoms. The lowest BCUT2D eigenvalue weighted by Crippen LogP contribution is -2.03. The molecule has 0 aliphatic rings. The molecule has 0 aromatic carbocycles. The predicted octanol–water partition coefficient (Wildman–Crippen LogP) is -0.637. The van der Waals surface area contributed by atoms with Gasteiger partial charge in [-0.15, -0.1) is 6.42 Å². The molecule has 0 aromatic rings. The van der Waals surface area contributed by atoms with Gasteiger partial charge < -0.3 is 10.2 Å². The molecular weight excluding hydrogens is 92.1 g/mol. The summed E-state index contributed by atoms with van der Waals surface area (Å²) < 4.78 is 0. The summed E-state index contributed by atoms with van der Waals surface area (Å²) in [6.07, 6.45) is 4.25. The average molecular weight is 100 g/mol. The normalized spacial score (nSPS) is 12.7. The van der Waals surface area contributed by atoms with Crippen molar-refractivity contribution in [2.24, 2.45) is 0 Å². The molecule has 0 rings (SSSR count). The second-order valence-electron chi connectivity index (χ2n) is 1.19. The smallest absolute Gasteiger partial charge is 0.116 e. The van der Waals surface area contributed by atoms with Crippen LogP contribution in [0.15, 0.2) is 0 Å². The maximum Gasteiger partial charge on any atom is 0.116 e. The van der Waals surface area contributed by atoms with E-state index in [1.54, 1.807) is 0 Å². The summed E-state index contributed by atoms with van der Waals surface area (Å²) in [6.45, 7) is -0.0502. The van der Waals surface area contributed by atoms with Gasteiger partial charge in [-0.2, -0.15) is 0 Å². The molecule has 0 heterocycles. The zero-order chi connectivity index (χ0) is 5.70. The Labute approximate surface area is 42.8 Å². The minimum atomic E-state index is -0.773. The molecule has 2 N–H and O–H groups in total. The molecule has 0 bridgehead atoms. The maximum atomic E-state index is 8.46. The van der Waals surface area contributed by atoms with Gasteiger partial charge in [-0.1, -0.05) is 5.92 Å². The number of rotatable bonds is 2. The lowest BCUT2D eigenvalue weighted by Gasteiger charge is -1.94. The minimum Gasteiger partial charge on any atom is -0.396 e. The average Bonchev–Trinajstić information content (AvgIpc) is 1.68. The zero-order valence-electron chi connectivity index (χ0n) is 3.96. The van der Waals surface area contributed by atoms with E-state index in [0.29, 0.717) is 0 Å². The van der Waals surface area contributed by atoms with Gasteiger partial charge >= 0.3 is 0 Å². The van der Waals surface area contributed by atoms with Crippen molar-refractivity contribution in [3.05, 3.63) is 0 Å². The highest BCUT2D eigenvalue weighted by atomic mass is 16.3. The quantitative estimate of drug-likeness (QED) is 0.453. The van der Waals surface area contributed by atoms with Crippen molar-refractivity contribution >= 4 is 0 Å². The van der Waals surface area contributed by atoms with Gasteiger partial charge in [0.25, 0.3) is 0 Å². The van der Waals surface area contributed by atoms with Gasteiger partial charge in [0.05, 0.1) is 0 Å². The molecule has 0 aliphatic carbocycles. The fourth-order valence-electron chi connectivity index (χ4n) is 0.206. The van der Waals surface area contributed by atoms with Gasteiger partial charge in [0.1, 0.15) is 6.10 Å². The van der Waals surface area contributed by atoms with E-state index < -0.39 is 6.10 Å². The van der Waals surface area contributed by atoms with Crippen LogP contribution in [0.1, 0.15) is 6.42 Å². The van der Waals surface area contributed by atoms with E-state index in [4.69, 9.17) is 16.6 Å². The second kappa shape index (κ2) is 3.66. The fraction of sp³-hybridized carbons (Fsp3) is 0.600. The third-order valence-electron chi connectivity index (χ3n) is 0.595. The molecule has 0 saturated heterocycles. The molecule has 0 radical (unpaired) electrons. The summed E-state index contributed by atoms with van der Waals surface area (Å²) in [5.41, 5.74) is 0. The molecule has 0 aromatic heterocycles. The van der Waals surface area contributed by atoms with E-state index in [1.165, 1.54) is 0 Å². The molecule has 0 unspecified atom stereocenters. The highest BCUT2D eigenvalue weighted by Crippen LogP contribution is 1.83. The summed E-state index contributed by atoms with van der Waals surface area (Å²) in [7, 11) is 0. The summed E-state index contributed by atoms with van der Waals surface area (Å²) in [5, 5.41) is 16.6. The van der Waals surface area contributed by atoms with Crippen LogP contribution in [-0.2, 0) is 0 Å². The predicted molar refractivity (Wildman–Crippen MR) is 26.5 cm³/mol. The van der Waals surface area contributed by atoms with Gasteiger partial charge in [0, 0.05) is 13.0 Å². The van der Waals surface area contributed by atoms with Crippen molar-refractivity contribution in [2.45, 2.75) is 12.5 Å². The lowest BCUT2D eigenvalue weighted by molar-refractivity contribution is 0.177. The first-order chi connectivity index (χ1) is 3.31. The third-order valence-corrected chi connectivity index (χ3v) is 0.595. The number of hydrogen-bond acceptors (Lipinski definition) is 2. The molecule has 1 atom stereocenters. The molecule has 0 fully saturated rings. The van der Waals surface area contributed by atoms with Crippen LogP contribution < -0.4 is 0 Å². The van der Waals surface area contributed by atoms with Crippen molar-refractivity contribution in [2.75, 3.05) is 6.61 Å². The van der Waals surface area contributed by atoms with Gasteiger partial charge in [0.2, 0.25) is 0 Å². The number of terminal acetylenes is 1. The number of aliphatic hydroxyl groups is 2. The Morgan fingerprint density at radius 1 is 1.71 bits per heavy atom. The van der Waals surface area contributed by atoms with Gasteiger partial charge in [-0.3, -0.25) is 0 Å². The summed E-state index contributed by atoms with van der Waals surface area (Å²) in [5.74, 6) is 2.06. The fourth-order valence-corrected chi connectivity index (χ4v) is 0.206. The van der Waals surface area contributed by atoms with Crippen LogP contribution in [0.2, 0.25) is 0 Å². The molecule has 7 heavy (non-hydrogen) atoms. The first-order valence-electron chi connectivity index (χ1n) is 2.06. The van der Waals surface area contributed by atoms with Gasteiger partial charge in [-0.05, 0) is 0 Å². The van der Waals surface area contributed by atoms with Crippen LogP contribution in [-0.4, -0.2) is 22.9 Å². The standard InChI is InChI=1S/C5H8O2/c1-2-5(7)3-4-6/h1,5-7H,3-4H2/t5-/m1/s1. The third kappa shape index (κ3) is 3.31. The molecular formula is C5H8O2. The van der Waals surface area contributed by atoms with Crippen molar-refractivity contribution in [3.8, 4) is 12.3 Å². The number of aliphatic hydroxyl groups excluding tert-OH is 2. The molecule has 40 valence electrons. The van der Waals surface area contributed by atoms with Crippen LogP contribution in [0.25, 0.3) is 0 Å². The van der Waals surface area contributed by atoms with E-state index in [9.17, 15) is 0 Å². The molecule has 2 nitrogen and oxygen atoms in total. The Kier molecular flexibility index (Phi) is 3.39. The van der Waals surface area contributed by atoms with Crippen LogP contribution in [0, 0.1) is 12.3 Å². The van der Waals surface area contributed by atoms with E-state index in [-0.39, 0.29) is 13.0 Å². The highest BCUT2D eigenvalue weighted by molar-refractivity contribution is 4.92. The molecule has 2 heteroatoms. The van der Waals surface area contributed by atoms with E-state index in [1.807, 2.05) is 0 Å². The molecule has 0 saturated carbocycles. The van der Waals surface area contributed by atoms with Gasteiger partial charge in [0.15, 0.2) is 0 Å². The van der Waals surface area contributed by atoms with E-state index >= 15 is 0 Å². The highest BCUT2D eigenvalue weighted by Gasteiger charge is 1.92. The van der Waals surface area contributed by atoms with Crippen molar-refractivity contribution in [3.63, 3.8) is 0 Å². The number of hydrogen-bond donors (Lipinski definition) is 2. The monoisotopic (exact) mass is 100 g/mol. The Hall–Kier alpha value is -0.520. The lowest BCUT2D eigenvalue weighted by atomic mass is 10.3. The van der Waals surface area contributed by atoms with E-state index in [0.717, 1.165) is 0 Å². The topological polar surface area (TPSA) is 40.5 Å². The first kappa shape index (κ1) is 6.48. The molecule has 0 aliphatic heterocycles. The first-order valence-corrected chi connectivity index (χ1v) is 2.06. The maximum absolute atomic E-state index is 8.46. The molecule has 0 amide bonds. The Morgan fingerprint density at radius 3 is 2.43 bits per heavy atom. The van der Waals surface area contributed by atoms with Crippen molar-refractivity contribution in [1.29, 1.82) is 0 Å². The summed E-state index contributed by atoms with van der Waals surface area (Å²) >= 11 is 0. The van der Waals surface area contributed by atoms with Crippen LogP contribution in [0.5, 0.6) is 0 Å². The Balaban J connectivity index is 3.04. The minimum absolute atomic E-state index is 0.0502. The van der Waals surface area contributed by atoms with Gasteiger partial charge in [-0.25, -0.2) is 0 Å². The van der Waals surface area contributed by atoms with E-state index in [2.05, 4.69) is 5.92 Å². The Bertz CT molecular complexity index is 72.6. The SMILES string of the molecule is C#C[C@@H](O)CCO. The summed E-state index contributed by atoms with van der Waals surface area (Å²) in [6, 6.07) is 0. The summed E-state index contributed by atoms with van der Waals surface area (Å²) in [4.78, 5) is 0. The zero-order valence-corrected chi connectivity index (χ0v) is 3.96. The largest absolute Gasteiger partial charge is 0.396 e.